The van der Waals surface area contributed by atoms with E-state index in [1.54, 1.807) is 0 Å². The minimum atomic E-state index is 0.0347. The van der Waals surface area contributed by atoms with Crippen molar-refractivity contribution in [3.05, 3.63) is 36.4 Å². The maximum atomic E-state index is 12.3. The van der Waals surface area contributed by atoms with Crippen molar-refractivity contribution in [3.63, 3.8) is 0 Å². The molecule has 4 N–H and O–H groups in total. The van der Waals surface area contributed by atoms with Gasteiger partial charge in [-0.25, -0.2) is 0 Å². The van der Waals surface area contributed by atoms with E-state index < -0.39 is 0 Å². The van der Waals surface area contributed by atoms with Crippen molar-refractivity contribution in [1.29, 1.82) is 0 Å². The maximum Gasteiger partial charge on any atom is 0.225 e. The first-order chi connectivity index (χ1) is 13.8. The number of carbonyl (C=O) groups is 1. The molecule has 0 radical (unpaired) electrons. The molecule has 152 valence electrons. The maximum absolute atomic E-state index is 12.3. The lowest BCUT2D eigenvalue weighted by atomic mass is 9.99. The van der Waals surface area contributed by atoms with Crippen LogP contribution in [-0.2, 0) is 11.8 Å². The highest BCUT2D eigenvalue weighted by Crippen LogP contribution is 2.37. The zero-order chi connectivity index (χ0) is 20.7. The van der Waals surface area contributed by atoms with Gasteiger partial charge in [-0.1, -0.05) is 26.0 Å². The van der Waals surface area contributed by atoms with Gasteiger partial charge in [0, 0.05) is 50.5 Å². The fraction of sp³-hybridized carbons (Fsp3) is 0.364. The number of hydrogen-bond acceptors (Lipinski definition) is 5. The number of benzene rings is 2. The normalized spacial score (nSPS) is 14.8. The van der Waals surface area contributed by atoms with E-state index in [1.807, 2.05) is 54.7 Å². The van der Waals surface area contributed by atoms with Crippen molar-refractivity contribution in [2.24, 2.45) is 13.0 Å². The zero-order valence-corrected chi connectivity index (χ0v) is 17.2. The van der Waals surface area contributed by atoms with Gasteiger partial charge in [0.25, 0.3) is 0 Å². The Morgan fingerprint density at radius 2 is 1.69 bits per heavy atom. The van der Waals surface area contributed by atoms with Crippen molar-refractivity contribution in [2.75, 3.05) is 42.5 Å². The summed E-state index contributed by atoms with van der Waals surface area (Å²) in [6.07, 6.45) is 0. The molecule has 1 saturated heterocycles. The molecule has 4 rings (SSSR count). The molecule has 1 fully saturated rings. The second kappa shape index (κ2) is 7.31. The minimum absolute atomic E-state index is 0.0347. The van der Waals surface area contributed by atoms with Gasteiger partial charge in [0.05, 0.1) is 10.9 Å². The smallest absolute Gasteiger partial charge is 0.225 e. The number of amides is 1. The molecular formula is C22H28N6O. The van der Waals surface area contributed by atoms with Gasteiger partial charge in [-0.2, -0.15) is 5.10 Å². The molecule has 2 heterocycles. The standard InChI is InChI=1S/C22H28N6O/c1-14(2)22(29)28-10-8-27(9-11-28)17-12-18(15-4-6-16(23)7-5-15)20-19(13-17)26(3)25-21(20)24/h4-7,12-14H,8-11,23H2,1-3H3,(H2,24,25). The molecule has 2 aromatic carbocycles. The minimum Gasteiger partial charge on any atom is -0.399 e. The van der Waals surface area contributed by atoms with E-state index in [-0.39, 0.29) is 11.8 Å². The second-order valence-corrected chi connectivity index (χ2v) is 7.99. The van der Waals surface area contributed by atoms with Crippen LogP contribution in [0.5, 0.6) is 0 Å². The van der Waals surface area contributed by atoms with Gasteiger partial charge in [-0.05, 0) is 35.4 Å². The lowest BCUT2D eigenvalue weighted by Gasteiger charge is -2.37. The summed E-state index contributed by atoms with van der Waals surface area (Å²) >= 11 is 0. The van der Waals surface area contributed by atoms with Crippen molar-refractivity contribution in [1.82, 2.24) is 14.7 Å². The summed E-state index contributed by atoms with van der Waals surface area (Å²) in [6, 6.07) is 12.1. The topological polar surface area (TPSA) is 93.4 Å². The Balaban J connectivity index is 1.72. The average molecular weight is 393 g/mol. The van der Waals surface area contributed by atoms with E-state index in [0.717, 1.165) is 59.6 Å². The number of aromatic nitrogens is 2. The summed E-state index contributed by atoms with van der Waals surface area (Å²) in [5, 5.41) is 5.39. The molecule has 7 heteroatoms. The Labute approximate surface area is 170 Å². The predicted molar refractivity (Wildman–Crippen MR) is 119 cm³/mol. The molecule has 7 nitrogen and oxygen atoms in total. The van der Waals surface area contributed by atoms with Crippen LogP contribution < -0.4 is 16.4 Å². The highest BCUT2D eigenvalue weighted by atomic mass is 16.2. The monoisotopic (exact) mass is 392 g/mol. The molecule has 0 unspecified atom stereocenters. The van der Waals surface area contributed by atoms with Crippen molar-refractivity contribution < 1.29 is 4.79 Å². The highest BCUT2D eigenvalue weighted by Gasteiger charge is 2.24. The Morgan fingerprint density at radius 3 is 2.31 bits per heavy atom. The lowest BCUT2D eigenvalue weighted by Crippen LogP contribution is -2.49. The van der Waals surface area contributed by atoms with Gasteiger partial charge >= 0.3 is 0 Å². The van der Waals surface area contributed by atoms with Gasteiger partial charge in [-0.15, -0.1) is 0 Å². The van der Waals surface area contributed by atoms with Crippen LogP contribution in [0.15, 0.2) is 36.4 Å². The Kier molecular flexibility index (Phi) is 4.82. The Bertz CT molecular complexity index is 1050. The number of fused-ring (bicyclic) bond motifs is 1. The quantitative estimate of drug-likeness (QED) is 0.669. The first-order valence-corrected chi connectivity index (χ1v) is 10.0. The van der Waals surface area contributed by atoms with Crippen LogP contribution in [0.3, 0.4) is 0 Å². The molecule has 0 spiro atoms. The van der Waals surface area contributed by atoms with Crippen LogP contribution >= 0.6 is 0 Å². The molecule has 0 aliphatic carbocycles. The molecule has 3 aromatic rings. The molecule has 1 aliphatic heterocycles. The number of aryl methyl sites for hydroxylation is 1. The number of piperazine rings is 1. The molecule has 29 heavy (non-hydrogen) atoms. The summed E-state index contributed by atoms with van der Waals surface area (Å²) in [7, 11) is 1.91. The Hall–Kier alpha value is -3.22. The third-order valence-corrected chi connectivity index (χ3v) is 5.64. The van der Waals surface area contributed by atoms with Gasteiger partial charge < -0.3 is 21.3 Å². The van der Waals surface area contributed by atoms with E-state index in [9.17, 15) is 4.79 Å². The van der Waals surface area contributed by atoms with Crippen molar-refractivity contribution in [2.45, 2.75) is 13.8 Å². The van der Waals surface area contributed by atoms with Crippen LogP contribution in [0.25, 0.3) is 22.0 Å². The van der Waals surface area contributed by atoms with Crippen LogP contribution in [-0.4, -0.2) is 46.8 Å². The van der Waals surface area contributed by atoms with Crippen molar-refractivity contribution in [3.8, 4) is 11.1 Å². The number of hydrogen-bond donors (Lipinski definition) is 2. The largest absolute Gasteiger partial charge is 0.399 e. The van der Waals surface area contributed by atoms with Crippen LogP contribution in [0.1, 0.15) is 13.8 Å². The fourth-order valence-corrected chi connectivity index (χ4v) is 4.02. The summed E-state index contributed by atoms with van der Waals surface area (Å²) in [5.74, 6) is 0.780. The van der Waals surface area contributed by atoms with E-state index in [0.29, 0.717) is 5.82 Å². The summed E-state index contributed by atoms with van der Waals surface area (Å²) in [4.78, 5) is 16.6. The number of anilines is 3. The van der Waals surface area contributed by atoms with E-state index in [4.69, 9.17) is 11.5 Å². The molecular weight excluding hydrogens is 364 g/mol. The predicted octanol–water partition coefficient (Wildman–Crippen LogP) is 2.71. The molecule has 1 aliphatic rings. The molecule has 0 atom stereocenters. The Morgan fingerprint density at radius 1 is 1.03 bits per heavy atom. The molecule has 0 bridgehead atoms. The highest BCUT2D eigenvalue weighted by molar-refractivity contribution is 6.04. The number of nitrogens with two attached hydrogens (primary N) is 2. The third kappa shape index (κ3) is 3.48. The summed E-state index contributed by atoms with van der Waals surface area (Å²) in [5.41, 5.74) is 17.1. The first-order valence-electron chi connectivity index (χ1n) is 10.0. The van der Waals surface area contributed by atoms with Gasteiger partial charge in [0.1, 0.15) is 0 Å². The van der Waals surface area contributed by atoms with Gasteiger partial charge in [-0.3, -0.25) is 9.48 Å². The van der Waals surface area contributed by atoms with E-state index in [2.05, 4.69) is 22.1 Å². The SMILES string of the molecule is CC(C)C(=O)N1CCN(c2cc(-c3ccc(N)cc3)c3c(N)nn(C)c3c2)CC1. The van der Waals surface area contributed by atoms with Gasteiger partial charge in [0.15, 0.2) is 5.82 Å². The van der Waals surface area contributed by atoms with E-state index >= 15 is 0 Å². The average Bonchev–Trinajstić information content (AvgIpc) is 3.01. The van der Waals surface area contributed by atoms with Crippen molar-refractivity contribution >= 4 is 34.0 Å². The number of rotatable bonds is 3. The zero-order valence-electron chi connectivity index (χ0n) is 17.2. The van der Waals surface area contributed by atoms with Crippen LogP contribution in [0.2, 0.25) is 0 Å². The van der Waals surface area contributed by atoms with Crippen LogP contribution in [0, 0.1) is 5.92 Å². The number of nitrogens with zero attached hydrogens (tertiary/aromatic N) is 4. The molecule has 1 amide bonds. The lowest BCUT2D eigenvalue weighted by molar-refractivity contribution is -0.134. The summed E-state index contributed by atoms with van der Waals surface area (Å²) < 4.78 is 1.83. The number of nitrogen functional groups attached to an aromatic ring is 2. The summed E-state index contributed by atoms with van der Waals surface area (Å²) in [6.45, 7) is 6.99. The van der Waals surface area contributed by atoms with E-state index in [1.165, 1.54) is 0 Å². The fourth-order valence-electron chi connectivity index (χ4n) is 4.02. The van der Waals surface area contributed by atoms with Gasteiger partial charge in [0.2, 0.25) is 5.91 Å². The molecule has 1 aromatic heterocycles. The van der Waals surface area contributed by atoms with Crippen LogP contribution in [0.4, 0.5) is 17.2 Å². The third-order valence-electron chi connectivity index (χ3n) is 5.64. The second-order valence-electron chi connectivity index (χ2n) is 7.99. The number of carbonyl (C=O) groups excluding carboxylic acids is 1. The first kappa shape index (κ1) is 19.1. The molecule has 0 saturated carbocycles.